The Morgan fingerprint density at radius 1 is 1.10 bits per heavy atom. The van der Waals surface area contributed by atoms with Crippen molar-refractivity contribution in [1.82, 2.24) is 5.43 Å². The molecule has 2 aromatic carbocycles. The van der Waals surface area contributed by atoms with Crippen LogP contribution in [0.15, 0.2) is 52.9 Å². The lowest BCUT2D eigenvalue weighted by atomic mass is 10.0. The van der Waals surface area contributed by atoms with Gasteiger partial charge in [0.25, 0.3) is 0 Å². The van der Waals surface area contributed by atoms with Gasteiger partial charge in [-0.3, -0.25) is 5.84 Å². The van der Waals surface area contributed by atoms with Gasteiger partial charge in [-0.2, -0.15) is 0 Å². The summed E-state index contributed by atoms with van der Waals surface area (Å²) in [5.41, 5.74) is 6.03. The number of nitrogens with two attached hydrogens (primary N) is 1. The monoisotopic (exact) mass is 280 g/mol. The molecule has 1 unspecified atom stereocenters. The molecule has 3 N–H and O–H groups in total. The Hall–Kier alpha value is -2.30. The molecule has 2 heterocycles. The minimum Gasteiger partial charge on any atom is -0.493 e. The molecular weight excluding hydrogens is 264 g/mol. The third kappa shape index (κ3) is 2.09. The first-order chi connectivity index (χ1) is 10.3. The number of fused-ring (bicyclic) bond motifs is 2. The molecule has 1 aliphatic rings. The predicted octanol–water partition coefficient (Wildman–Crippen LogP) is 2.92. The van der Waals surface area contributed by atoms with Gasteiger partial charge < -0.3 is 9.15 Å². The van der Waals surface area contributed by atoms with Crippen molar-refractivity contribution >= 4 is 11.0 Å². The minimum atomic E-state index is -0.164. The number of ether oxygens (including phenoxy) is 1. The molecular formula is C17H16N2O2. The molecule has 0 aliphatic carbocycles. The zero-order valence-corrected chi connectivity index (χ0v) is 11.5. The summed E-state index contributed by atoms with van der Waals surface area (Å²) in [6, 6.07) is 16.0. The van der Waals surface area contributed by atoms with Gasteiger partial charge in [0, 0.05) is 11.8 Å². The fourth-order valence-electron chi connectivity index (χ4n) is 2.87. The highest BCUT2D eigenvalue weighted by Gasteiger charge is 2.20. The van der Waals surface area contributed by atoms with Gasteiger partial charge in [-0.25, -0.2) is 5.43 Å². The second-order valence-corrected chi connectivity index (χ2v) is 5.25. The molecule has 21 heavy (non-hydrogen) atoms. The topological polar surface area (TPSA) is 60.4 Å². The van der Waals surface area contributed by atoms with Crippen LogP contribution in [0.3, 0.4) is 0 Å². The van der Waals surface area contributed by atoms with Crippen LogP contribution in [0.5, 0.6) is 5.75 Å². The Morgan fingerprint density at radius 3 is 2.86 bits per heavy atom. The largest absolute Gasteiger partial charge is 0.493 e. The van der Waals surface area contributed by atoms with E-state index >= 15 is 0 Å². The third-order valence-electron chi connectivity index (χ3n) is 3.94. The zero-order valence-electron chi connectivity index (χ0n) is 11.5. The third-order valence-corrected chi connectivity index (χ3v) is 3.94. The van der Waals surface area contributed by atoms with Crippen molar-refractivity contribution in [3.63, 3.8) is 0 Å². The molecule has 106 valence electrons. The van der Waals surface area contributed by atoms with Gasteiger partial charge in [0.15, 0.2) is 0 Å². The first-order valence-electron chi connectivity index (χ1n) is 7.05. The Kier molecular flexibility index (Phi) is 2.91. The van der Waals surface area contributed by atoms with Gasteiger partial charge in [0.1, 0.15) is 23.1 Å². The molecule has 4 heteroatoms. The fourth-order valence-corrected chi connectivity index (χ4v) is 2.87. The van der Waals surface area contributed by atoms with Gasteiger partial charge in [-0.1, -0.05) is 24.3 Å². The van der Waals surface area contributed by atoms with Crippen molar-refractivity contribution in [2.75, 3.05) is 6.61 Å². The molecule has 0 bridgehead atoms. The van der Waals surface area contributed by atoms with E-state index in [0.717, 1.165) is 41.1 Å². The van der Waals surface area contributed by atoms with E-state index in [-0.39, 0.29) is 6.04 Å². The van der Waals surface area contributed by atoms with Gasteiger partial charge in [-0.05, 0) is 35.4 Å². The number of rotatable bonds is 3. The molecule has 4 nitrogen and oxygen atoms in total. The first kappa shape index (κ1) is 12.4. The van der Waals surface area contributed by atoms with Crippen LogP contribution in [0.1, 0.15) is 22.9 Å². The van der Waals surface area contributed by atoms with E-state index in [1.807, 2.05) is 42.5 Å². The SMILES string of the molecule is NNC(c1ccc2c(c1)CCO2)c1cc2ccccc2o1. The Bertz CT molecular complexity index is 761. The summed E-state index contributed by atoms with van der Waals surface area (Å²) >= 11 is 0. The van der Waals surface area contributed by atoms with Gasteiger partial charge in [0.2, 0.25) is 0 Å². The van der Waals surface area contributed by atoms with E-state index in [9.17, 15) is 0 Å². The maximum atomic E-state index is 5.92. The molecule has 4 rings (SSSR count). The Morgan fingerprint density at radius 2 is 2.00 bits per heavy atom. The highest BCUT2D eigenvalue weighted by Crippen LogP contribution is 2.32. The van der Waals surface area contributed by atoms with Crippen molar-refractivity contribution < 1.29 is 9.15 Å². The maximum Gasteiger partial charge on any atom is 0.134 e. The highest BCUT2D eigenvalue weighted by molar-refractivity contribution is 5.78. The average molecular weight is 280 g/mol. The first-order valence-corrected chi connectivity index (χ1v) is 7.05. The molecule has 1 aromatic heterocycles. The molecule has 0 amide bonds. The van der Waals surface area contributed by atoms with Crippen LogP contribution >= 0.6 is 0 Å². The lowest BCUT2D eigenvalue weighted by Gasteiger charge is -2.14. The van der Waals surface area contributed by atoms with Gasteiger partial charge in [0.05, 0.1) is 6.61 Å². The second-order valence-electron chi connectivity index (χ2n) is 5.25. The van der Waals surface area contributed by atoms with E-state index < -0.39 is 0 Å². The average Bonchev–Trinajstić information content (AvgIpc) is 3.13. The molecule has 3 aromatic rings. The number of hydrogen-bond donors (Lipinski definition) is 2. The van der Waals surface area contributed by atoms with E-state index in [0.29, 0.717) is 0 Å². The normalized spacial score (nSPS) is 14.9. The smallest absolute Gasteiger partial charge is 0.134 e. The minimum absolute atomic E-state index is 0.164. The molecule has 0 saturated heterocycles. The van der Waals surface area contributed by atoms with Crippen molar-refractivity contribution in [1.29, 1.82) is 0 Å². The van der Waals surface area contributed by atoms with Gasteiger partial charge in [-0.15, -0.1) is 0 Å². The summed E-state index contributed by atoms with van der Waals surface area (Å²) < 4.78 is 11.5. The van der Waals surface area contributed by atoms with E-state index in [2.05, 4.69) is 11.5 Å². The predicted molar refractivity (Wildman–Crippen MR) is 81.0 cm³/mol. The van der Waals surface area contributed by atoms with Crippen molar-refractivity contribution in [3.8, 4) is 5.75 Å². The highest BCUT2D eigenvalue weighted by atomic mass is 16.5. The summed E-state index contributed by atoms with van der Waals surface area (Å²) in [5.74, 6) is 7.55. The van der Waals surface area contributed by atoms with Crippen molar-refractivity contribution in [2.24, 2.45) is 5.84 Å². The van der Waals surface area contributed by atoms with Crippen LogP contribution in [-0.2, 0) is 6.42 Å². The number of hydrogen-bond acceptors (Lipinski definition) is 4. The summed E-state index contributed by atoms with van der Waals surface area (Å²) in [6.07, 6.45) is 0.945. The molecule has 0 spiro atoms. The summed E-state index contributed by atoms with van der Waals surface area (Å²) in [5, 5.41) is 1.08. The number of nitrogens with one attached hydrogen (secondary N) is 1. The second kappa shape index (κ2) is 4.91. The van der Waals surface area contributed by atoms with Crippen LogP contribution in [0.2, 0.25) is 0 Å². The van der Waals surface area contributed by atoms with E-state index in [1.165, 1.54) is 5.56 Å². The van der Waals surface area contributed by atoms with Gasteiger partial charge >= 0.3 is 0 Å². The quantitative estimate of drug-likeness (QED) is 0.572. The summed E-state index contributed by atoms with van der Waals surface area (Å²) in [4.78, 5) is 0. The van der Waals surface area contributed by atoms with Crippen LogP contribution in [0.4, 0.5) is 0 Å². The van der Waals surface area contributed by atoms with E-state index in [1.54, 1.807) is 0 Å². The number of benzene rings is 2. The molecule has 1 atom stereocenters. The van der Waals surface area contributed by atoms with Crippen molar-refractivity contribution in [2.45, 2.75) is 12.5 Å². The number of hydrazine groups is 1. The molecule has 0 saturated carbocycles. The number of para-hydroxylation sites is 1. The van der Waals surface area contributed by atoms with E-state index in [4.69, 9.17) is 15.0 Å². The van der Waals surface area contributed by atoms with Crippen LogP contribution in [-0.4, -0.2) is 6.61 Å². The lowest BCUT2D eigenvalue weighted by Crippen LogP contribution is -2.28. The molecule has 0 fully saturated rings. The summed E-state index contributed by atoms with van der Waals surface area (Å²) in [7, 11) is 0. The maximum absolute atomic E-state index is 5.92. The fraction of sp³-hybridized carbons (Fsp3) is 0.176. The summed E-state index contributed by atoms with van der Waals surface area (Å²) in [6.45, 7) is 0.754. The molecule has 1 aliphatic heterocycles. The number of furan rings is 1. The Labute approximate surface area is 122 Å². The van der Waals surface area contributed by atoms with Crippen LogP contribution in [0, 0.1) is 0 Å². The van der Waals surface area contributed by atoms with Crippen LogP contribution in [0.25, 0.3) is 11.0 Å². The standard InChI is InChI=1S/C17H16N2O2/c18-19-17(13-5-6-14-12(9-13)7-8-20-14)16-10-11-3-1-2-4-15(11)21-16/h1-6,9-10,17,19H,7-8,18H2. The van der Waals surface area contributed by atoms with Crippen LogP contribution < -0.4 is 16.0 Å². The lowest BCUT2D eigenvalue weighted by molar-refractivity contribution is 0.356. The van der Waals surface area contributed by atoms with Crippen molar-refractivity contribution in [3.05, 3.63) is 65.4 Å². The Balaban J connectivity index is 1.77. The zero-order chi connectivity index (χ0) is 14.2. The molecule has 0 radical (unpaired) electrons.